The van der Waals surface area contributed by atoms with Crippen molar-refractivity contribution in [2.75, 3.05) is 24.3 Å². The van der Waals surface area contributed by atoms with Crippen molar-refractivity contribution in [3.8, 4) is 0 Å². The number of aromatic nitrogens is 3. The maximum Gasteiger partial charge on any atom is 0.332 e. The molecule has 0 saturated heterocycles. The van der Waals surface area contributed by atoms with Gasteiger partial charge in [-0.3, -0.25) is 18.7 Å². The average Bonchev–Trinajstić information content (AvgIpc) is 3.19. The van der Waals surface area contributed by atoms with Gasteiger partial charge >= 0.3 is 5.69 Å². The van der Waals surface area contributed by atoms with Gasteiger partial charge in [0.05, 0.1) is 17.7 Å². The van der Waals surface area contributed by atoms with Crippen LogP contribution in [0.4, 0.5) is 5.69 Å². The van der Waals surface area contributed by atoms with Crippen molar-refractivity contribution in [2.24, 2.45) is 14.1 Å². The summed E-state index contributed by atoms with van der Waals surface area (Å²) in [5.41, 5.74) is 2.23. The molecule has 1 amide bonds. The lowest BCUT2D eigenvalue weighted by atomic mass is 10.2. The monoisotopic (exact) mass is 426 g/mol. The number of hydrogen-bond acceptors (Lipinski definition) is 6. The van der Waals surface area contributed by atoms with Gasteiger partial charge in [0.1, 0.15) is 5.65 Å². The molecule has 1 aliphatic heterocycles. The predicted octanol–water partition coefficient (Wildman–Crippen LogP) is 1.46. The summed E-state index contributed by atoms with van der Waals surface area (Å²) in [5.74, 6) is 0.135. The van der Waals surface area contributed by atoms with Crippen molar-refractivity contribution in [1.29, 1.82) is 0 Å². The Hall–Kier alpha value is -2.91. The lowest BCUT2D eigenvalue weighted by molar-refractivity contribution is -0.116. The summed E-state index contributed by atoms with van der Waals surface area (Å²) in [4.78, 5) is 44.9. The third-order valence-electron chi connectivity index (χ3n) is 5.32. The number of pyridine rings is 1. The van der Waals surface area contributed by atoms with Gasteiger partial charge < -0.3 is 9.64 Å². The molecular formula is C21H22N4O4S. The number of carbonyl (C=O) groups excluding carboxylic acids is 1. The third-order valence-corrected chi connectivity index (χ3v) is 6.47. The van der Waals surface area contributed by atoms with E-state index in [2.05, 4.69) is 4.98 Å². The SMILES string of the molecule is COCc1cnc2c(c1SCC(=O)N1CCc3ccccc31)c(=O)n(C)c(=O)n2C. The lowest BCUT2D eigenvalue weighted by Crippen LogP contribution is -2.37. The second-order valence-electron chi connectivity index (χ2n) is 7.16. The Labute approximate surface area is 177 Å². The van der Waals surface area contributed by atoms with Crippen LogP contribution in [0, 0.1) is 0 Å². The summed E-state index contributed by atoms with van der Waals surface area (Å²) in [5, 5.41) is 0.328. The topological polar surface area (TPSA) is 86.4 Å². The molecule has 8 nitrogen and oxygen atoms in total. The number of aryl methyl sites for hydroxylation is 1. The zero-order valence-corrected chi connectivity index (χ0v) is 17.9. The molecule has 0 radical (unpaired) electrons. The summed E-state index contributed by atoms with van der Waals surface area (Å²) >= 11 is 1.28. The fourth-order valence-corrected chi connectivity index (χ4v) is 4.82. The minimum Gasteiger partial charge on any atom is -0.380 e. The molecule has 0 fully saturated rings. The summed E-state index contributed by atoms with van der Waals surface area (Å²) in [6.07, 6.45) is 2.44. The Balaban J connectivity index is 1.73. The molecule has 0 atom stereocenters. The zero-order chi connectivity index (χ0) is 21.4. The Kier molecular flexibility index (Phi) is 5.48. The van der Waals surface area contributed by atoms with E-state index in [0.29, 0.717) is 28.0 Å². The van der Waals surface area contributed by atoms with E-state index in [1.165, 1.54) is 23.4 Å². The molecule has 0 unspecified atom stereocenters. The van der Waals surface area contributed by atoms with Crippen LogP contribution >= 0.6 is 11.8 Å². The maximum absolute atomic E-state index is 13.0. The van der Waals surface area contributed by atoms with E-state index in [1.807, 2.05) is 24.3 Å². The summed E-state index contributed by atoms with van der Waals surface area (Å²) in [6, 6.07) is 7.89. The fourth-order valence-electron chi connectivity index (χ4n) is 3.77. The zero-order valence-electron chi connectivity index (χ0n) is 17.0. The number of ether oxygens (including phenoxy) is 1. The van der Waals surface area contributed by atoms with E-state index in [4.69, 9.17) is 4.74 Å². The summed E-state index contributed by atoms with van der Waals surface area (Å²) in [7, 11) is 4.57. The highest BCUT2D eigenvalue weighted by Crippen LogP contribution is 2.31. The molecule has 2 aromatic heterocycles. The van der Waals surface area contributed by atoms with E-state index >= 15 is 0 Å². The second-order valence-corrected chi connectivity index (χ2v) is 8.15. The number of rotatable bonds is 5. The number of nitrogens with zero attached hydrogens (tertiary/aromatic N) is 4. The molecular weight excluding hydrogens is 404 g/mol. The van der Waals surface area contributed by atoms with Gasteiger partial charge in [0.15, 0.2) is 0 Å². The van der Waals surface area contributed by atoms with Gasteiger partial charge in [-0.15, -0.1) is 11.8 Å². The molecule has 0 spiro atoms. The van der Waals surface area contributed by atoms with E-state index in [9.17, 15) is 14.4 Å². The highest BCUT2D eigenvalue weighted by Gasteiger charge is 2.25. The smallest absolute Gasteiger partial charge is 0.332 e. The van der Waals surface area contributed by atoms with Crippen LogP contribution in [0.15, 0.2) is 44.9 Å². The van der Waals surface area contributed by atoms with Gasteiger partial charge in [-0.1, -0.05) is 18.2 Å². The molecule has 0 N–H and O–H groups in total. The summed E-state index contributed by atoms with van der Waals surface area (Å²) in [6.45, 7) is 0.898. The van der Waals surface area contributed by atoms with Gasteiger partial charge in [0.25, 0.3) is 5.56 Å². The number of hydrogen-bond donors (Lipinski definition) is 0. The number of thioether (sulfide) groups is 1. The first kappa shape index (κ1) is 20.4. The fraction of sp³-hybridized carbons (Fsp3) is 0.333. The highest BCUT2D eigenvalue weighted by atomic mass is 32.2. The Morgan fingerprint density at radius 2 is 1.97 bits per heavy atom. The van der Waals surface area contributed by atoms with E-state index in [-0.39, 0.29) is 18.3 Å². The molecule has 1 aromatic carbocycles. The standard InChI is InChI=1S/C21H22N4O4S/c1-23-19-17(20(27)24(2)21(23)28)18(14(10-22-19)11-29-3)30-12-16(26)25-9-8-13-6-4-5-7-15(13)25/h4-7,10H,8-9,11-12H2,1-3H3. The van der Waals surface area contributed by atoms with Crippen molar-refractivity contribution in [3.05, 3.63) is 62.4 Å². The van der Waals surface area contributed by atoms with E-state index < -0.39 is 11.2 Å². The van der Waals surface area contributed by atoms with Crippen LogP contribution in [0.1, 0.15) is 11.1 Å². The molecule has 9 heteroatoms. The normalized spacial score (nSPS) is 13.1. The molecule has 1 aliphatic rings. The first-order valence-electron chi connectivity index (χ1n) is 9.51. The molecule has 0 saturated carbocycles. The van der Waals surface area contributed by atoms with Gasteiger partial charge in [-0.2, -0.15) is 0 Å². The number of anilines is 1. The Morgan fingerprint density at radius 1 is 1.20 bits per heavy atom. The molecule has 30 heavy (non-hydrogen) atoms. The number of para-hydroxylation sites is 1. The minimum absolute atomic E-state index is 0.0278. The summed E-state index contributed by atoms with van der Waals surface area (Å²) < 4.78 is 7.67. The molecule has 156 valence electrons. The third kappa shape index (κ3) is 3.33. The van der Waals surface area contributed by atoms with E-state index in [0.717, 1.165) is 22.2 Å². The molecule has 0 aliphatic carbocycles. The lowest BCUT2D eigenvalue weighted by Gasteiger charge is -2.18. The van der Waals surface area contributed by atoms with Crippen LogP contribution in [0.2, 0.25) is 0 Å². The minimum atomic E-state index is -0.444. The average molecular weight is 426 g/mol. The second kappa shape index (κ2) is 8.08. The molecule has 0 bridgehead atoms. The van der Waals surface area contributed by atoms with Gasteiger partial charge in [0, 0.05) is 50.1 Å². The van der Waals surface area contributed by atoms with Crippen molar-refractivity contribution in [2.45, 2.75) is 17.9 Å². The Bertz CT molecular complexity index is 1260. The maximum atomic E-state index is 13.0. The largest absolute Gasteiger partial charge is 0.380 e. The van der Waals surface area contributed by atoms with Crippen LogP contribution in [0.5, 0.6) is 0 Å². The molecule has 3 aromatic rings. The number of benzene rings is 1. The number of amides is 1. The van der Waals surface area contributed by atoms with E-state index in [1.54, 1.807) is 25.3 Å². The predicted molar refractivity (Wildman–Crippen MR) is 116 cm³/mol. The van der Waals surface area contributed by atoms with Crippen molar-refractivity contribution in [1.82, 2.24) is 14.1 Å². The number of methoxy groups -OCH3 is 1. The van der Waals surface area contributed by atoms with Crippen LogP contribution in [-0.4, -0.2) is 39.4 Å². The molecule has 4 rings (SSSR count). The van der Waals surface area contributed by atoms with Crippen LogP contribution in [0.3, 0.4) is 0 Å². The van der Waals surface area contributed by atoms with Gasteiger partial charge in [-0.05, 0) is 18.1 Å². The molecule has 3 heterocycles. The van der Waals surface area contributed by atoms with Crippen LogP contribution in [-0.2, 0) is 36.7 Å². The van der Waals surface area contributed by atoms with Crippen molar-refractivity contribution in [3.63, 3.8) is 0 Å². The number of carbonyl (C=O) groups is 1. The van der Waals surface area contributed by atoms with Gasteiger partial charge in [0.2, 0.25) is 5.91 Å². The Morgan fingerprint density at radius 3 is 2.73 bits per heavy atom. The van der Waals surface area contributed by atoms with Crippen molar-refractivity contribution < 1.29 is 9.53 Å². The highest BCUT2D eigenvalue weighted by molar-refractivity contribution is 8.00. The van der Waals surface area contributed by atoms with Crippen LogP contribution in [0.25, 0.3) is 11.0 Å². The first-order valence-corrected chi connectivity index (χ1v) is 10.5. The van der Waals surface area contributed by atoms with Crippen LogP contribution < -0.4 is 16.1 Å². The van der Waals surface area contributed by atoms with Gasteiger partial charge in [-0.25, -0.2) is 9.78 Å². The quantitative estimate of drug-likeness (QED) is 0.574. The van der Waals surface area contributed by atoms with Crippen molar-refractivity contribution >= 4 is 34.4 Å². The number of fused-ring (bicyclic) bond motifs is 2. The first-order chi connectivity index (χ1) is 14.4.